The molecule has 1 heterocycles. The molecule has 0 aromatic carbocycles. The molecular formula is C9H14N4O. The number of nitrogens with one attached hydrogen (secondary N) is 1. The highest BCUT2D eigenvalue weighted by Crippen LogP contribution is 2.12. The molecule has 0 unspecified atom stereocenters. The zero-order chi connectivity index (χ0) is 10.8. The number of ether oxygens (including phenoxy) is 1. The van der Waals surface area contributed by atoms with Crippen LogP contribution >= 0.6 is 0 Å². The summed E-state index contributed by atoms with van der Waals surface area (Å²) in [5, 5.41) is 7.20. The summed E-state index contributed by atoms with van der Waals surface area (Å²) in [6.07, 6.45) is 1.52. The van der Waals surface area contributed by atoms with E-state index in [2.05, 4.69) is 9.97 Å². The van der Waals surface area contributed by atoms with Gasteiger partial charge in [0, 0.05) is 6.20 Å². The molecule has 0 aliphatic rings. The Hall–Kier alpha value is -1.65. The van der Waals surface area contributed by atoms with Gasteiger partial charge >= 0.3 is 6.01 Å². The van der Waals surface area contributed by atoms with Crippen molar-refractivity contribution in [1.29, 1.82) is 5.41 Å². The zero-order valence-electron chi connectivity index (χ0n) is 8.53. The molecule has 0 spiro atoms. The zero-order valence-corrected chi connectivity index (χ0v) is 8.53. The van der Waals surface area contributed by atoms with E-state index >= 15 is 0 Å². The Morgan fingerprint density at radius 1 is 1.50 bits per heavy atom. The van der Waals surface area contributed by atoms with E-state index in [0.717, 1.165) is 0 Å². The van der Waals surface area contributed by atoms with E-state index < -0.39 is 0 Å². The summed E-state index contributed by atoms with van der Waals surface area (Å²) >= 11 is 0. The smallest absolute Gasteiger partial charge is 0.317 e. The van der Waals surface area contributed by atoms with Crippen molar-refractivity contribution in [3.63, 3.8) is 0 Å². The van der Waals surface area contributed by atoms with Gasteiger partial charge in [0.1, 0.15) is 17.1 Å². The van der Waals surface area contributed by atoms with Gasteiger partial charge in [-0.15, -0.1) is 0 Å². The molecule has 0 bridgehead atoms. The molecule has 76 valence electrons. The molecule has 1 rings (SSSR count). The highest BCUT2D eigenvalue weighted by atomic mass is 16.5. The van der Waals surface area contributed by atoms with E-state index in [0.29, 0.717) is 5.69 Å². The maximum atomic E-state index is 7.20. The number of hydrogen-bond donors (Lipinski definition) is 2. The lowest BCUT2D eigenvalue weighted by molar-refractivity contribution is 0.116. The summed E-state index contributed by atoms with van der Waals surface area (Å²) in [7, 11) is 0. The molecule has 14 heavy (non-hydrogen) atoms. The number of nitrogen functional groups attached to an aromatic ring is 1. The lowest BCUT2D eigenvalue weighted by Gasteiger charge is -2.19. The Kier molecular flexibility index (Phi) is 2.69. The number of nitrogens with zero attached hydrogens (tertiary/aromatic N) is 2. The van der Waals surface area contributed by atoms with Crippen LogP contribution < -0.4 is 10.5 Å². The molecular weight excluding hydrogens is 180 g/mol. The van der Waals surface area contributed by atoms with Crippen molar-refractivity contribution in [3.8, 4) is 6.01 Å². The van der Waals surface area contributed by atoms with E-state index in [1.165, 1.54) is 6.20 Å². The van der Waals surface area contributed by atoms with Crippen molar-refractivity contribution >= 4 is 5.84 Å². The molecule has 1 aromatic heterocycles. The normalized spacial score (nSPS) is 11.1. The van der Waals surface area contributed by atoms with Crippen molar-refractivity contribution in [2.45, 2.75) is 26.4 Å². The monoisotopic (exact) mass is 194 g/mol. The largest absolute Gasteiger partial charge is 0.458 e. The summed E-state index contributed by atoms with van der Waals surface area (Å²) in [5.41, 5.74) is 5.31. The molecule has 0 fully saturated rings. The predicted molar refractivity (Wildman–Crippen MR) is 53.4 cm³/mol. The van der Waals surface area contributed by atoms with Crippen LogP contribution in [0.5, 0.6) is 6.01 Å². The second-order valence-electron chi connectivity index (χ2n) is 3.85. The van der Waals surface area contributed by atoms with E-state index in [9.17, 15) is 0 Å². The van der Waals surface area contributed by atoms with Gasteiger partial charge in [-0.3, -0.25) is 5.41 Å². The first-order valence-corrected chi connectivity index (χ1v) is 4.25. The minimum Gasteiger partial charge on any atom is -0.458 e. The van der Waals surface area contributed by atoms with Gasteiger partial charge in [-0.1, -0.05) is 0 Å². The van der Waals surface area contributed by atoms with Crippen molar-refractivity contribution in [3.05, 3.63) is 18.0 Å². The number of amidine groups is 1. The topological polar surface area (TPSA) is 84.9 Å². The average Bonchev–Trinajstić information content (AvgIpc) is 2.01. The predicted octanol–water partition coefficient (Wildman–Crippen LogP) is 0.938. The minimum absolute atomic E-state index is 0.0915. The molecule has 0 aliphatic carbocycles. The fraction of sp³-hybridized carbons (Fsp3) is 0.444. The van der Waals surface area contributed by atoms with Crippen LogP contribution in [0.15, 0.2) is 12.3 Å². The Bertz CT molecular complexity index is 343. The van der Waals surface area contributed by atoms with Crippen LogP contribution in [0.3, 0.4) is 0 Å². The van der Waals surface area contributed by atoms with Gasteiger partial charge < -0.3 is 10.5 Å². The van der Waals surface area contributed by atoms with Crippen LogP contribution in [0, 0.1) is 5.41 Å². The van der Waals surface area contributed by atoms with Crippen LogP contribution in [0.25, 0.3) is 0 Å². The van der Waals surface area contributed by atoms with Gasteiger partial charge in [0.25, 0.3) is 0 Å². The van der Waals surface area contributed by atoms with Crippen molar-refractivity contribution < 1.29 is 4.74 Å². The first-order chi connectivity index (χ1) is 6.38. The molecule has 0 atom stereocenters. The first-order valence-electron chi connectivity index (χ1n) is 4.25. The SMILES string of the molecule is CC(C)(C)Oc1nccc(C(=N)N)n1. The van der Waals surface area contributed by atoms with Gasteiger partial charge in [-0.05, 0) is 26.8 Å². The molecule has 1 aromatic rings. The molecule has 0 saturated carbocycles. The summed E-state index contributed by atoms with van der Waals surface area (Å²) in [6.45, 7) is 5.70. The van der Waals surface area contributed by atoms with E-state index in [1.54, 1.807) is 6.07 Å². The highest BCUT2D eigenvalue weighted by Gasteiger charge is 2.14. The molecule has 0 saturated heterocycles. The average molecular weight is 194 g/mol. The summed E-state index contributed by atoms with van der Waals surface area (Å²) in [4.78, 5) is 7.90. The molecule has 5 nitrogen and oxygen atoms in total. The summed E-state index contributed by atoms with van der Waals surface area (Å²) in [5.74, 6) is -0.0915. The quantitative estimate of drug-likeness (QED) is 0.542. The highest BCUT2D eigenvalue weighted by molar-refractivity contribution is 5.92. The second-order valence-corrected chi connectivity index (χ2v) is 3.85. The van der Waals surface area contributed by atoms with E-state index in [4.69, 9.17) is 15.9 Å². The molecule has 3 N–H and O–H groups in total. The lowest BCUT2D eigenvalue weighted by atomic mass is 10.2. The van der Waals surface area contributed by atoms with Crippen LogP contribution in [-0.4, -0.2) is 21.4 Å². The lowest BCUT2D eigenvalue weighted by Crippen LogP contribution is -2.25. The third-order valence-electron chi connectivity index (χ3n) is 1.31. The Labute approximate surface area is 82.8 Å². The number of hydrogen-bond acceptors (Lipinski definition) is 4. The number of aromatic nitrogens is 2. The first kappa shape index (κ1) is 10.4. The van der Waals surface area contributed by atoms with Gasteiger partial charge in [-0.25, -0.2) is 4.98 Å². The minimum atomic E-state index is -0.352. The van der Waals surface area contributed by atoms with Gasteiger partial charge in [0.05, 0.1) is 0 Å². The van der Waals surface area contributed by atoms with Crippen LogP contribution in [-0.2, 0) is 0 Å². The third kappa shape index (κ3) is 3.01. The fourth-order valence-corrected chi connectivity index (χ4v) is 0.814. The molecule has 0 radical (unpaired) electrons. The maximum Gasteiger partial charge on any atom is 0.317 e. The van der Waals surface area contributed by atoms with E-state index in [-0.39, 0.29) is 17.4 Å². The summed E-state index contributed by atoms with van der Waals surface area (Å²) in [6, 6.07) is 1.81. The van der Waals surface area contributed by atoms with Crippen molar-refractivity contribution in [2.75, 3.05) is 0 Å². The Balaban J connectivity index is 2.89. The Morgan fingerprint density at radius 3 is 2.64 bits per heavy atom. The molecule has 0 amide bonds. The number of rotatable bonds is 2. The van der Waals surface area contributed by atoms with Gasteiger partial charge in [0.15, 0.2) is 0 Å². The maximum absolute atomic E-state index is 7.20. The van der Waals surface area contributed by atoms with Crippen molar-refractivity contribution in [2.24, 2.45) is 5.73 Å². The van der Waals surface area contributed by atoms with Crippen LogP contribution in [0.2, 0.25) is 0 Å². The van der Waals surface area contributed by atoms with Crippen LogP contribution in [0.4, 0.5) is 0 Å². The fourth-order valence-electron chi connectivity index (χ4n) is 0.814. The second kappa shape index (κ2) is 3.61. The van der Waals surface area contributed by atoms with E-state index in [1.807, 2.05) is 20.8 Å². The molecule has 0 aliphatic heterocycles. The molecule has 5 heteroatoms. The third-order valence-corrected chi connectivity index (χ3v) is 1.31. The standard InChI is InChI=1S/C9H14N4O/c1-9(2,3)14-8-12-5-4-6(13-8)7(10)11/h4-5H,1-3H3,(H3,10,11). The van der Waals surface area contributed by atoms with Gasteiger partial charge in [0.2, 0.25) is 0 Å². The van der Waals surface area contributed by atoms with Gasteiger partial charge in [-0.2, -0.15) is 4.98 Å². The number of nitrogens with two attached hydrogens (primary N) is 1. The van der Waals surface area contributed by atoms with Crippen molar-refractivity contribution in [1.82, 2.24) is 9.97 Å². The Morgan fingerprint density at radius 2 is 2.14 bits per heavy atom. The van der Waals surface area contributed by atoms with Crippen LogP contribution in [0.1, 0.15) is 26.5 Å². The summed E-state index contributed by atoms with van der Waals surface area (Å²) < 4.78 is 5.42.